The third-order valence-electron chi connectivity index (χ3n) is 2.43. The molecule has 0 spiro atoms. The highest BCUT2D eigenvalue weighted by Crippen LogP contribution is 2.25. The van der Waals surface area contributed by atoms with Crippen LogP contribution in [0.4, 0.5) is 0 Å². The molecule has 0 bridgehead atoms. The van der Waals surface area contributed by atoms with Gasteiger partial charge in [-0.1, -0.05) is 20.8 Å². The lowest BCUT2D eigenvalue weighted by Crippen LogP contribution is -2.14. The van der Waals surface area contributed by atoms with Crippen molar-refractivity contribution in [3.63, 3.8) is 0 Å². The summed E-state index contributed by atoms with van der Waals surface area (Å²) in [5.41, 5.74) is 1.29. The van der Waals surface area contributed by atoms with Crippen LogP contribution in [0.5, 0.6) is 0 Å². The van der Waals surface area contributed by atoms with E-state index < -0.39 is 0 Å². The molecule has 1 N–H and O–H groups in total. The molecule has 0 atom stereocenters. The summed E-state index contributed by atoms with van der Waals surface area (Å²) in [4.78, 5) is 6.01. The normalized spacial score (nSPS) is 12.0. The van der Waals surface area contributed by atoms with Gasteiger partial charge in [0.05, 0.1) is 14.5 Å². The lowest BCUT2D eigenvalue weighted by molar-refractivity contribution is 0.579. The van der Waals surface area contributed by atoms with E-state index in [1.807, 2.05) is 0 Å². The minimum absolute atomic E-state index is 0.154. The van der Waals surface area contributed by atoms with Gasteiger partial charge >= 0.3 is 0 Å². The first-order chi connectivity index (χ1) is 8.45. The second kappa shape index (κ2) is 5.82. The molecule has 0 aromatic carbocycles. The highest BCUT2D eigenvalue weighted by Gasteiger charge is 2.17. The average Bonchev–Trinajstić information content (AvgIpc) is 2.87. The van der Waals surface area contributed by atoms with Crippen LogP contribution in [0.2, 0.25) is 0 Å². The molecule has 0 radical (unpaired) electrons. The molecule has 0 fully saturated rings. The maximum Gasteiger partial charge on any atom is 0.0982 e. The standard InChI is InChI=1S/C13H17BrN2S2/c1-13(2,3)12-16-9(8-17-12)6-15-7-10-4-5-11(14)18-10/h4-5,8,15H,6-7H2,1-3H3. The first kappa shape index (κ1) is 14.2. The van der Waals surface area contributed by atoms with Gasteiger partial charge in [0.2, 0.25) is 0 Å². The smallest absolute Gasteiger partial charge is 0.0982 e. The van der Waals surface area contributed by atoms with Crippen LogP contribution >= 0.6 is 38.6 Å². The molecular weight excluding hydrogens is 328 g/mol. The van der Waals surface area contributed by atoms with Gasteiger partial charge in [-0.25, -0.2) is 4.98 Å². The van der Waals surface area contributed by atoms with Crippen molar-refractivity contribution in [2.24, 2.45) is 0 Å². The minimum atomic E-state index is 0.154. The van der Waals surface area contributed by atoms with Crippen molar-refractivity contribution < 1.29 is 0 Å². The van der Waals surface area contributed by atoms with E-state index in [-0.39, 0.29) is 5.41 Å². The number of hydrogen-bond donors (Lipinski definition) is 1. The molecule has 0 unspecified atom stereocenters. The van der Waals surface area contributed by atoms with Gasteiger partial charge in [0.15, 0.2) is 0 Å². The average molecular weight is 345 g/mol. The summed E-state index contributed by atoms with van der Waals surface area (Å²) < 4.78 is 1.18. The highest BCUT2D eigenvalue weighted by molar-refractivity contribution is 9.11. The quantitative estimate of drug-likeness (QED) is 0.879. The predicted octanol–water partition coefficient (Wildman–Crippen LogP) is 4.55. The van der Waals surface area contributed by atoms with Crippen molar-refractivity contribution in [3.8, 4) is 0 Å². The number of hydrogen-bond acceptors (Lipinski definition) is 4. The van der Waals surface area contributed by atoms with Crippen molar-refractivity contribution in [1.29, 1.82) is 0 Å². The van der Waals surface area contributed by atoms with Crippen LogP contribution in [0.1, 0.15) is 36.3 Å². The van der Waals surface area contributed by atoms with Gasteiger partial charge in [-0.05, 0) is 28.1 Å². The first-order valence-electron chi connectivity index (χ1n) is 5.85. The van der Waals surface area contributed by atoms with E-state index in [9.17, 15) is 0 Å². The molecule has 2 rings (SSSR count). The van der Waals surface area contributed by atoms with E-state index in [1.165, 1.54) is 13.7 Å². The fourth-order valence-corrected chi connectivity index (χ4v) is 3.85. The Labute approximate surface area is 125 Å². The molecule has 2 aromatic rings. The van der Waals surface area contributed by atoms with E-state index in [4.69, 9.17) is 0 Å². The van der Waals surface area contributed by atoms with Crippen LogP contribution in [0, 0.1) is 0 Å². The number of thiazole rings is 1. The molecule has 0 aliphatic carbocycles. The van der Waals surface area contributed by atoms with Gasteiger partial charge in [-0.15, -0.1) is 22.7 Å². The largest absolute Gasteiger partial charge is 0.306 e. The minimum Gasteiger partial charge on any atom is -0.306 e. The van der Waals surface area contributed by atoms with Crippen LogP contribution in [-0.4, -0.2) is 4.98 Å². The Morgan fingerprint density at radius 2 is 2.06 bits per heavy atom. The number of aromatic nitrogens is 1. The molecule has 0 saturated heterocycles. The SMILES string of the molecule is CC(C)(C)c1nc(CNCc2ccc(Br)s2)cs1. The van der Waals surface area contributed by atoms with Crippen LogP contribution in [0.3, 0.4) is 0 Å². The topological polar surface area (TPSA) is 24.9 Å². The van der Waals surface area contributed by atoms with Crippen molar-refractivity contribution in [1.82, 2.24) is 10.3 Å². The third-order valence-corrected chi connectivity index (χ3v) is 5.37. The van der Waals surface area contributed by atoms with E-state index in [2.05, 4.69) is 64.5 Å². The number of nitrogens with zero attached hydrogens (tertiary/aromatic N) is 1. The molecule has 18 heavy (non-hydrogen) atoms. The summed E-state index contributed by atoms with van der Waals surface area (Å²) >= 11 is 6.99. The van der Waals surface area contributed by atoms with Crippen LogP contribution in [0.15, 0.2) is 21.3 Å². The Morgan fingerprint density at radius 3 is 2.61 bits per heavy atom. The summed E-state index contributed by atoms with van der Waals surface area (Å²) in [7, 11) is 0. The zero-order chi connectivity index (χ0) is 13.2. The molecule has 0 amide bonds. The molecule has 2 heterocycles. The monoisotopic (exact) mass is 344 g/mol. The van der Waals surface area contributed by atoms with Gasteiger partial charge in [-0.3, -0.25) is 0 Å². The van der Waals surface area contributed by atoms with Crippen LogP contribution < -0.4 is 5.32 Å². The Hall–Kier alpha value is -0.230. The van der Waals surface area contributed by atoms with E-state index in [1.54, 1.807) is 22.7 Å². The van der Waals surface area contributed by atoms with Crippen molar-refractivity contribution in [3.05, 3.63) is 36.9 Å². The molecule has 2 aromatic heterocycles. The van der Waals surface area contributed by atoms with Gasteiger partial charge < -0.3 is 5.32 Å². The molecule has 0 aliphatic rings. The predicted molar refractivity (Wildman–Crippen MR) is 83.4 cm³/mol. The summed E-state index contributed by atoms with van der Waals surface area (Å²) in [6.45, 7) is 8.34. The fraction of sp³-hybridized carbons (Fsp3) is 0.462. The van der Waals surface area contributed by atoms with Crippen molar-refractivity contribution in [2.75, 3.05) is 0 Å². The molecular formula is C13H17BrN2S2. The summed E-state index contributed by atoms with van der Waals surface area (Å²) in [6.07, 6.45) is 0. The summed E-state index contributed by atoms with van der Waals surface area (Å²) in [5, 5.41) is 6.79. The Bertz CT molecular complexity index is 511. The van der Waals surface area contributed by atoms with Gasteiger partial charge in [-0.2, -0.15) is 0 Å². The number of halogens is 1. The lowest BCUT2D eigenvalue weighted by Gasteiger charge is -2.13. The molecule has 0 saturated carbocycles. The van der Waals surface area contributed by atoms with Gasteiger partial charge in [0.25, 0.3) is 0 Å². The number of rotatable bonds is 4. The summed E-state index contributed by atoms with van der Waals surface area (Å²) in [6, 6.07) is 4.23. The lowest BCUT2D eigenvalue weighted by atomic mass is 9.98. The van der Waals surface area contributed by atoms with Crippen LogP contribution in [-0.2, 0) is 18.5 Å². The third kappa shape index (κ3) is 3.88. The Kier molecular flexibility index (Phi) is 4.59. The Balaban J connectivity index is 1.85. The first-order valence-corrected chi connectivity index (χ1v) is 8.34. The fourth-order valence-electron chi connectivity index (χ4n) is 1.49. The van der Waals surface area contributed by atoms with Gasteiger partial charge in [0.1, 0.15) is 0 Å². The van der Waals surface area contributed by atoms with E-state index >= 15 is 0 Å². The number of nitrogens with one attached hydrogen (secondary N) is 1. The van der Waals surface area contributed by atoms with Crippen LogP contribution in [0.25, 0.3) is 0 Å². The zero-order valence-corrected chi connectivity index (χ0v) is 14.0. The highest BCUT2D eigenvalue weighted by atomic mass is 79.9. The Morgan fingerprint density at radius 1 is 1.28 bits per heavy atom. The second-order valence-corrected chi connectivity index (χ2v) is 8.61. The summed E-state index contributed by atoms with van der Waals surface area (Å²) in [5.74, 6) is 0. The van der Waals surface area contributed by atoms with Crippen molar-refractivity contribution in [2.45, 2.75) is 39.3 Å². The van der Waals surface area contributed by atoms with Gasteiger partial charge in [0, 0.05) is 28.8 Å². The molecule has 98 valence electrons. The molecule has 0 aliphatic heterocycles. The molecule has 5 heteroatoms. The second-order valence-electron chi connectivity index (χ2n) is 5.20. The maximum atomic E-state index is 4.67. The van der Waals surface area contributed by atoms with E-state index in [0.29, 0.717) is 0 Å². The zero-order valence-electron chi connectivity index (χ0n) is 10.8. The molecule has 2 nitrogen and oxygen atoms in total. The maximum absolute atomic E-state index is 4.67. The number of thiophene rings is 1. The van der Waals surface area contributed by atoms with E-state index in [0.717, 1.165) is 18.8 Å². The van der Waals surface area contributed by atoms with Crippen molar-refractivity contribution >= 4 is 38.6 Å².